The highest BCUT2D eigenvalue weighted by molar-refractivity contribution is 5.48. The molecule has 0 aromatic heterocycles. The molecule has 0 radical (unpaired) electrons. The molecule has 1 N–H and O–H groups in total. The standard InChI is InChI=1S/C13H16FN3/c1-10-7-13(8-15,9-17(10)2)16-12-5-3-4-11(14)6-12/h3-6,10,16H,7,9H2,1-2H3. The fourth-order valence-electron chi connectivity index (χ4n) is 2.35. The maximum Gasteiger partial charge on any atom is 0.139 e. The van der Waals surface area contributed by atoms with Gasteiger partial charge in [0.05, 0.1) is 6.07 Å². The van der Waals surface area contributed by atoms with Gasteiger partial charge in [-0.25, -0.2) is 4.39 Å². The van der Waals surface area contributed by atoms with Gasteiger partial charge in [-0.15, -0.1) is 0 Å². The molecule has 2 atom stereocenters. The normalized spacial score (nSPS) is 28.9. The summed E-state index contributed by atoms with van der Waals surface area (Å²) in [6.07, 6.45) is 0.747. The summed E-state index contributed by atoms with van der Waals surface area (Å²) >= 11 is 0. The summed E-state index contributed by atoms with van der Waals surface area (Å²) < 4.78 is 13.1. The third-order valence-electron chi connectivity index (χ3n) is 3.34. The van der Waals surface area contributed by atoms with Gasteiger partial charge in [0.25, 0.3) is 0 Å². The molecule has 1 heterocycles. The van der Waals surface area contributed by atoms with Crippen LogP contribution in [-0.2, 0) is 0 Å². The van der Waals surface area contributed by atoms with Gasteiger partial charge in [0.2, 0.25) is 0 Å². The molecule has 1 saturated heterocycles. The van der Waals surface area contributed by atoms with E-state index in [2.05, 4.69) is 23.2 Å². The molecular weight excluding hydrogens is 217 g/mol. The van der Waals surface area contributed by atoms with Crippen LogP contribution in [0.4, 0.5) is 10.1 Å². The van der Waals surface area contributed by atoms with E-state index in [1.165, 1.54) is 12.1 Å². The molecule has 2 rings (SSSR count). The number of halogens is 1. The minimum Gasteiger partial charge on any atom is -0.366 e. The Morgan fingerprint density at radius 1 is 1.59 bits per heavy atom. The van der Waals surface area contributed by atoms with Gasteiger partial charge < -0.3 is 10.2 Å². The number of likely N-dealkylation sites (tertiary alicyclic amines) is 1. The van der Waals surface area contributed by atoms with Crippen LogP contribution in [0.25, 0.3) is 0 Å². The maximum absolute atomic E-state index is 13.1. The Balaban J connectivity index is 2.19. The zero-order valence-electron chi connectivity index (χ0n) is 10.1. The lowest BCUT2D eigenvalue weighted by atomic mass is 9.98. The van der Waals surface area contributed by atoms with Crippen LogP contribution in [0.5, 0.6) is 0 Å². The summed E-state index contributed by atoms with van der Waals surface area (Å²) in [7, 11) is 2.00. The molecule has 1 aliphatic rings. The van der Waals surface area contributed by atoms with Crippen molar-refractivity contribution < 1.29 is 4.39 Å². The molecule has 4 heteroatoms. The monoisotopic (exact) mass is 233 g/mol. The van der Waals surface area contributed by atoms with Crippen molar-refractivity contribution in [2.75, 3.05) is 18.9 Å². The first-order valence-electron chi connectivity index (χ1n) is 5.70. The minimum absolute atomic E-state index is 0.289. The van der Waals surface area contributed by atoms with Crippen LogP contribution in [0.2, 0.25) is 0 Å². The van der Waals surface area contributed by atoms with Crippen molar-refractivity contribution in [2.24, 2.45) is 0 Å². The lowest BCUT2D eigenvalue weighted by Crippen LogP contribution is -2.39. The molecule has 1 aromatic rings. The van der Waals surface area contributed by atoms with E-state index in [0.717, 1.165) is 6.42 Å². The van der Waals surface area contributed by atoms with E-state index in [1.54, 1.807) is 12.1 Å². The van der Waals surface area contributed by atoms with Gasteiger partial charge in [-0.05, 0) is 32.2 Å². The van der Waals surface area contributed by atoms with Crippen LogP contribution in [0.1, 0.15) is 13.3 Å². The van der Waals surface area contributed by atoms with Crippen LogP contribution in [0.15, 0.2) is 24.3 Å². The summed E-state index contributed by atoms with van der Waals surface area (Å²) in [6, 6.07) is 8.93. The summed E-state index contributed by atoms with van der Waals surface area (Å²) in [5.41, 5.74) is 0.0520. The summed E-state index contributed by atoms with van der Waals surface area (Å²) in [5.74, 6) is -0.289. The molecule has 1 aliphatic heterocycles. The number of benzene rings is 1. The Bertz CT molecular complexity index is 442. The average molecular weight is 233 g/mol. The molecule has 17 heavy (non-hydrogen) atoms. The molecule has 0 amide bonds. The van der Waals surface area contributed by atoms with E-state index in [1.807, 2.05) is 7.05 Å². The molecule has 90 valence electrons. The molecule has 0 bridgehead atoms. The fraction of sp³-hybridized carbons (Fsp3) is 0.462. The smallest absolute Gasteiger partial charge is 0.139 e. The first kappa shape index (κ1) is 11.9. The number of hydrogen-bond donors (Lipinski definition) is 1. The molecular formula is C13H16FN3. The minimum atomic E-state index is -0.609. The Hall–Kier alpha value is -1.60. The number of nitrogens with one attached hydrogen (secondary N) is 1. The van der Waals surface area contributed by atoms with Gasteiger partial charge in [0, 0.05) is 24.7 Å². The summed E-state index contributed by atoms with van der Waals surface area (Å²) in [5, 5.41) is 12.5. The Labute approximate surface area is 101 Å². The highest BCUT2D eigenvalue weighted by atomic mass is 19.1. The predicted molar refractivity (Wildman–Crippen MR) is 65.1 cm³/mol. The molecule has 0 saturated carbocycles. The number of hydrogen-bond acceptors (Lipinski definition) is 3. The van der Waals surface area contributed by atoms with Crippen LogP contribution >= 0.6 is 0 Å². The highest BCUT2D eigenvalue weighted by Gasteiger charge is 2.41. The SMILES string of the molecule is CC1CC(C#N)(Nc2cccc(F)c2)CN1C. The van der Waals surface area contributed by atoms with Crippen molar-refractivity contribution >= 4 is 5.69 Å². The number of anilines is 1. The number of nitriles is 1. The molecule has 1 aromatic carbocycles. The van der Waals surface area contributed by atoms with Crippen molar-refractivity contribution in [1.29, 1.82) is 5.26 Å². The molecule has 2 unspecified atom stereocenters. The number of rotatable bonds is 2. The van der Waals surface area contributed by atoms with Gasteiger partial charge >= 0.3 is 0 Å². The van der Waals surface area contributed by atoms with E-state index in [4.69, 9.17) is 0 Å². The van der Waals surface area contributed by atoms with Gasteiger partial charge in [-0.3, -0.25) is 0 Å². The molecule has 0 spiro atoms. The second kappa shape index (κ2) is 4.34. The Morgan fingerprint density at radius 3 is 2.88 bits per heavy atom. The van der Waals surface area contributed by atoms with Crippen LogP contribution < -0.4 is 5.32 Å². The predicted octanol–water partition coefficient (Wildman–Crippen LogP) is 2.22. The van der Waals surface area contributed by atoms with Crippen LogP contribution in [0.3, 0.4) is 0 Å². The van der Waals surface area contributed by atoms with Crippen molar-refractivity contribution in [1.82, 2.24) is 4.90 Å². The summed E-state index contributed by atoms with van der Waals surface area (Å²) in [6.45, 7) is 2.74. The van der Waals surface area contributed by atoms with E-state index in [0.29, 0.717) is 18.3 Å². The van der Waals surface area contributed by atoms with Crippen molar-refractivity contribution in [3.63, 3.8) is 0 Å². The van der Waals surface area contributed by atoms with Gasteiger partial charge in [-0.2, -0.15) is 5.26 Å². The molecule has 3 nitrogen and oxygen atoms in total. The largest absolute Gasteiger partial charge is 0.366 e. The zero-order valence-corrected chi connectivity index (χ0v) is 10.1. The summed E-state index contributed by atoms with van der Waals surface area (Å²) in [4.78, 5) is 2.13. The quantitative estimate of drug-likeness (QED) is 0.851. The third kappa shape index (κ3) is 2.40. The zero-order chi connectivity index (χ0) is 12.5. The third-order valence-corrected chi connectivity index (χ3v) is 3.34. The second-order valence-electron chi connectivity index (χ2n) is 4.80. The lowest BCUT2D eigenvalue weighted by Gasteiger charge is -2.23. The van der Waals surface area contributed by atoms with Crippen molar-refractivity contribution in [2.45, 2.75) is 24.9 Å². The van der Waals surface area contributed by atoms with E-state index >= 15 is 0 Å². The first-order valence-corrected chi connectivity index (χ1v) is 5.70. The second-order valence-corrected chi connectivity index (χ2v) is 4.80. The van der Waals surface area contributed by atoms with Gasteiger partial charge in [0.15, 0.2) is 0 Å². The van der Waals surface area contributed by atoms with Gasteiger partial charge in [-0.1, -0.05) is 6.07 Å². The Morgan fingerprint density at radius 2 is 2.35 bits per heavy atom. The van der Waals surface area contributed by atoms with Crippen LogP contribution in [-0.4, -0.2) is 30.1 Å². The molecule has 0 aliphatic carbocycles. The topological polar surface area (TPSA) is 39.1 Å². The first-order chi connectivity index (χ1) is 8.04. The van der Waals surface area contributed by atoms with E-state index < -0.39 is 5.54 Å². The van der Waals surface area contributed by atoms with E-state index in [-0.39, 0.29) is 5.82 Å². The van der Waals surface area contributed by atoms with E-state index in [9.17, 15) is 9.65 Å². The van der Waals surface area contributed by atoms with Crippen molar-refractivity contribution in [3.8, 4) is 6.07 Å². The lowest BCUT2D eigenvalue weighted by molar-refractivity contribution is 0.327. The van der Waals surface area contributed by atoms with Gasteiger partial charge in [0.1, 0.15) is 11.4 Å². The maximum atomic E-state index is 13.1. The van der Waals surface area contributed by atoms with Crippen LogP contribution in [0, 0.1) is 17.1 Å². The highest BCUT2D eigenvalue weighted by Crippen LogP contribution is 2.29. The Kier molecular flexibility index (Phi) is 3.03. The fourth-order valence-corrected chi connectivity index (χ4v) is 2.35. The van der Waals surface area contributed by atoms with Crippen molar-refractivity contribution in [3.05, 3.63) is 30.1 Å². The number of likely N-dealkylation sites (N-methyl/N-ethyl adjacent to an activating group) is 1. The number of nitrogens with zero attached hydrogens (tertiary/aromatic N) is 2. The molecule has 1 fully saturated rings. The average Bonchev–Trinajstić information content (AvgIpc) is 2.55.